The fourth-order valence-corrected chi connectivity index (χ4v) is 4.97. The smallest absolute Gasteiger partial charge is 0.253 e. The lowest BCUT2D eigenvalue weighted by atomic mass is 9.98. The van der Waals surface area contributed by atoms with Crippen LogP contribution in [0.15, 0.2) is 60.7 Å². The first-order valence-corrected chi connectivity index (χ1v) is 15.0. The van der Waals surface area contributed by atoms with E-state index in [1.807, 2.05) is 38.1 Å². The average Bonchev–Trinajstić information content (AvgIpc) is 2.99. The second-order valence-corrected chi connectivity index (χ2v) is 10.9. The van der Waals surface area contributed by atoms with Crippen molar-refractivity contribution in [2.24, 2.45) is 11.5 Å². The first-order valence-electron chi connectivity index (χ1n) is 15.0. The third-order valence-electron chi connectivity index (χ3n) is 7.19. The summed E-state index contributed by atoms with van der Waals surface area (Å²) in [4.78, 5) is 40.7. The van der Waals surface area contributed by atoms with Crippen LogP contribution in [-0.4, -0.2) is 54.4 Å². The van der Waals surface area contributed by atoms with Gasteiger partial charge in [-0.3, -0.25) is 14.4 Å². The van der Waals surface area contributed by atoms with Crippen LogP contribution in [0.3, 0.4) is 0 Å². The van der Waals surface area contributed by atoms with Gasteiger partial charge in [0.15, 0.2) is 0 Å². The van der Waals surface area contributed by atoms with Crippen molar-refractivity contribution in [2.45, 2.75) is 65.1 Å². The molecule has 0 aliphatic carbocycles. The van der Waals surface area contributed by atoms with Gasteiger partial charge in [-0.05, 0) is 72.7 Å². The molecule has 0 spiro atoms. The topological polar surface area (TPSA) is 128 Å². The molecule has 5 N–H and O–H groups in total. The molecule has 236 valence electrons. The Balaban J connectivity index is 1.87. The summed E-state index contributed by atoms with van der Waals surface area (Å²) in [5.41, 5.74) is 14.6. The molecule has 8 nitrogen and oxygen atoms in total. The van der Waals surface area contributed by atoms with Gasteiger partial charge in [0.1, 0.15) is 11.6 Å². The monoisotopic (exact) mass is 608 g/mol. The Labute approximate surface area is 257 Å². The quantitative estimate of drug-likeness (QED) is 0.216. The first-order chi connectivity index (χ1) is 21.0. The van der Waals surface area contributed by atoms with Crippen molar-refractivity contribution < 1.29 is 27.9 Å². The Morgan fingerprint density at radius 2 is 1.45 bits per heavy atom. The molecular weight excluding hydrogens is 566 g/mol. The van der Waals surface area contributed by atoms with Gasteiger partial charge in [0.25, 0.3) is 11.8 Å². The highest BCUT2D eigenvalue weighted by atomic mass is 19.1. The standard InChI is InChI=1S/C34H42F2N4O4/c1-4-10-40(11-5-2)34(43)27-17-25(32(38)41)16-26(18-27)33(42)39-31(15-24-13-28(35)19-29(36)14-24)30(37)21-44-20-23-9-7-8-22(6-3)12-23/h7-9,12-14,16-19,30-31H,4-6,10-11,15,20-21,37H2,1-3H3,(H2,38,41)(H,39,42)/t30?,31-/m0/s1. The minimum absolute atomic E-state index is 0.000333. The summed E-state index contributed by atoms with van der Waals surface area (Å²) in [6.07, 6.45) is 2.35. The molecule has 0 aliphatic rings. The van der Waals surface area contributed by atoms with Crippen molar-refractivity contribution in [3.05, 3.63) is 106 Å². The molecule has 3 aromatic rings. The van der Waals surface area contributed by atoms with Crippen molar-refractivity contribution in [1.29, 1.82) is 0 Å². The summed E-state index contributed by atoms with van der Waals surface area (Å²) in [6.45, 7) is 7.31. The first kappa shape index (κ1) is 34.3. The minimum atomic E-state index is -0.821. The number of amides is 3. The van der Waals surface area contributed by atoms with Crippen LogP contribution in [0.5, 0.6) is 0 Å². The summed E-state index contributed by atoms with van der Waals surface area (Å²) in [7, 11) is 0. The Morgan fingerprint density at radius 3 is 2.07 bits per heavy atom. The third kappa shape index (κ3) is 9.96. The molecule has 3 rings (SSSR count). The number of carbonyl (C=O) groups excluding carboxylic acids is 3. The molecule has 3 aromatic carbocycles. The zero-order valence-corrected chi connectivity index (χ0v) is 25.6. The summed E-state index contributed by atoms with van der Waals surface area (Å²) in [5, 5.41) is 2.83. The number of halogens is 2. The van der Waals surface area contributed by atoms with Crippen LogP contribution in [0.1, 0.15) is 81.4 Å². The number of aryl methyl sites for hydroxylation is 1. The van der Waals surface area contributed by atoms with Gasteiger partial charge in [-0.25, -0.2) is 8.78 Å². The second kappa shape index (κ2) is 16.6. The SMILES string of the molecule is CCCN(CCC)C(=O)c1cc(C(N)=O)cc(C(=O)N[C@@H](Cc2cc(F)cc(F)c2)C(N)COCc2cccc(CC)c2)c1. The second-order valence-electron chi connectivity index (χ2n) is 10.9. The number of nitrogens with two attached hydrogens (primary N) is 2. The molecular formula is C34H42F2N4O4. The van der Waals surface area contributed by atoms with Crippen molar-refractivity contribution >= 4 is 17.7 Å². The molecule has 2 atom stereocenters. The van der Waals surface area contributed by atoms with Gasteiger partial charge in [0, 0.05) is 41.9 Å². The highest BCUT2D eigenvalue weighted by molar-refractivity contribution is 6.04. The number of ether oxygens (including phenoxy) is 1. The molecule has 0 heterocycles. The van der Waals surface area contributed by atoms with Gasteiger partial charge in [-0.2, -0.15) is 0 Å². The highest BCUT2D eigenvalue weighted by Crippen LogP contribution is 2.17. The number of hydrogen-bond acceptors (Lipinski definition) is 5. The molecule has 0 radical (unpaired) electrons. The Bertz CT molecular complexity index is 1420. The van der Waals surface area contributed by atoms with Gasteiger partial charge in [0.2, 0.25) is 5.91 Å². The van der Waals surface area contributed by atoms with Crippen LogP contribution in [0.4, 0.5) is 8.78 Å². The number of nitrogens with zero attached hydrogens (tertiary/aromatic N) is 1. The minimum Gasteiger partial charge on any atom is -0.375 e. The molecule has 0 fully saturated rings. The summed E-state index contributed by atoms with van der Waals surface area (Å²) in [6, 6.07) is 13.5. The van der Waals surface area contributed by atoms with E-state index in [4.69, 9.17) is 16.2 Å². The lowest BCUT2D eigenvalue weighted by Gasteiger charge is -2.26. The van der Waals surface area contributed by atoms with E-state index in [0.29, 0.717) is 13.1 Å². The molecule has 0 saturated heterocycles. The van der Waals surface area contributed by atoms with Crippen molar-refractivity contribution in [1.82, 2.24) is 10.2 Å². The number of nitrogens with one attached hydrogen (secondary N) is 1. The Hall–Kier alpha value is -4.15. The summed E-state index contributed by atoms with van der Waals surface area (Å²) in [5.74, 6) is -3.27. The van der Waals surface area contributed by atoms with Gasteiger partial charge in [0.05, 0.1) is 19.3 Å². The van der Waals surface area contributed by atoms with Crippen LogP contribution < -0.4 is 16.8 Å². The summed E-state index contributed by atoms with van der Waals surface area (Å²) >= 11 is 0. The number of carbonyl (C=O) groups is 3. The number of hydrogen-bond donors (Lipinski definition) is 3. The van der Waals surface area contributed by atoms with Crippen LogP contribution >= 0.6 is 0 Å². The van der Waals surface area contributed by atoms with E-state index in [-0.39, 0.29) is 47.8 Å². The van der Waals surface area contributed by atoms with Gasteiger partial charge >= 0.3 is 0 Å². The average molecular weight is 609 g/mol. The van der Waals surface area contributed by atoms with E-state index in [1.165, 1.54) is 30.3 Å². The number of primary amides is 1. The lowest BCUT2D eigenvalue weighted by Crippen LogP contribution is -2.51. The van der Waals surface area contributed by atoms with E-state index in [2.05, 4.69) is 12.2 Å². The van der Waals surface area contributed by atoms with Crippen LogP contribution in [-0.2, 0) is 24.2 Å². The number of rotatable bonds is 16. The van der Waals surface area contributed by atoms with E-state index in [0.717, 1.165) is 36.5 Å². The molecule has 44 heavy (non-hydrogen) atoms. The molecule has 0 saturated carbocycles. The van der Waals surface area contributed by atoms with Crippen LogP contribution in [0.2, 0.25) is 0 Å². The van der Waals surface area contributed by atoms with Gasteiger partial charge < -0.3 is 26.4 Å². The zero-order chi connectivity index (χ0) is 32.2. The van der Waals surface area contributed by atoms with Gasteiger partial charge in [-0.15, -0.1) is 0 Å². The fourth-order valence-electron chi connectivity index (χ4n) is 4.97. The van der Waals surface area contributed by atoms with Crippen LogP contribution in [0.25, 0.3) is 0 Å². The largest absolute Gasteiger partial charge is 0.375 e. The predicted molar refractivity (Wildman–Crippen MR) is 166 cm³/mol. The third-order valence-corrected chi connectivity index (χ3v) is 7.19. The predicted octanol–water partition coefficient (Wildman–Crippen LogP) is 4.77. The maximum absolute atomic E-state index is 14.0. The van der Waals surface area contributed by atoms with Crippen molar-refractivity contribution in [3.63, 3.8) is 0 Å². The van der Waals surface area contributed by atoms with Gasteiger partial charge in [-0.1, -0.05) is 45.0 Å². The van der Waals surface area contributed by atoms with E-state index >= 15 is 0 Å². The highest BCUT2D eigenvalue weighted by Gasteiger charge is 2.25. The lowest BCUT2D eigenvalue weighted by molar-refractivity contribution is 0.0755. The maximum Gasteiger partial charge on any atom is 0.253 e. The van der Waals surface area contributed by atoms with E-state index in [9.17, 15) is 23.2 Å². The Kier molecular flexibility index (Phi) is 13.0. The van der Waals surface area contributed by atoms with Crippen molar-refractivity contribution in [3.8, 4) is 0 Å². The molecule has 0 aliphatic heterocycles. The molecule has 10 heteroatoms. The summed E-state index contributed by atoms with van der Waals surface area (Å²) < 4.78 is 33.9. The van der Waals surface area contributed by atoms with Crippen LogP contribution in [0, 0.1) is 11.6 Å². The van der Waals surface area contributed by atoms with Crippen molar-refractivity contribution in [2.75, 3.05) is 19.7 Å². The zero-order valence-electron chi connectivity index (χ0n) is 25.6. The van der Waals surface area contributed by atoms with E-state index < -0.39 is 35.5 Å². The molecule has 0 bridgehead atoms. The number of benzene rings is 3. The molecule has 0 aromatic heterocycles. The normalized spacial score (nSPS) is 12.4. The fraction of sp³-hybridized carbons (Fsp3) is 0.382. The Morgan fingerprint density at radius 1 is 0.841 bits per heavy atom. The maximum atomic E-state index is 14.0. The molecule has 1 unspecified atom stereocenters. The van der Waals surface area contributed by atoms with E-state index in [1.54, 1.807) is 4.90 Å². The molecule has 3 amide bonds.